The Morgan fingerprint density at radius 1 is 1.58 bits per heavy atom. The van der Waals surface area contributed by atoms with Crippen molar-refractivity contribution in [2.24, 2.45) is 0 Å². The first-order chi connectivity index (χ1) is 5.81. The molecule has 0 unspecified atom stereocenters. The van der Waals surface area contributed by atoms with Gasteiger partial charge in [-0.05, 0) is 0 Å². The molecule has 0 saturated heterocycles. The Morgan fingerprint density at radius 2 is 2.42 bits per heavy atom. The number of hydrogen-bond donors (Lipinski definition) is 1. The van der Waals surface area contributed by atoms with Gasteiger partial charge in [-0.2, -0.15) is 0 Å². The van der Waals surface area contributed by atoms with Gasteiger partial charge >= 0.3 is 0 Å². The molecule has 0 amide bonds. The zero-order valence-corrected chi connectivity index (χ0v) is 6.14. The van der Waals surface area contributed by atoms with E-state index in [1.807, 2.05) is 0 Å². The molecule has 12 heavy (non-hydrogen) atoms. The lowest BCUT2D eigenvalue weighted by Gasteiger charge is -1.88. The monoisotopic (exact) mass is 162 g/mol. The normalized spacial score (nSPS) is 12.5. The quantitative estimate of drug-likeness (QED) is 0.579. The van der Waals surface area contributed by atoms with Crippen molar-refractivity contribution in [3.05, 3.63) is 40.2 Å². The van der Waals surface area contributed by atoms with Gasteiger partial charge in [0, 0.05) is 18.3 Å². The number of nitrogens with zero attached hydrogens (tertiary/aromatic N) is 2. The number of aliphatic hydroxyl groups excluding tert-OH is 1. The van der Waals surface area contributed by atoms with Gasteiger partial charge in [0.15, 0.2) is 10.9 Å². The van der Waals surface area contributed by atoms with Crippen LogP contribution in [-0.2, 0) is 0 Å². The van der Waals surface area contributed by atoms with Crippen molar-refractivity contribution in [3.8, 4) is 0 Å². The van der Waals surface area contributed by atoms with Crippen molar-refractivity contribution < 1.29 is 5.11 Å². The van der Waals surface area contributed by atoms with E-state index in [4.69, 9.17) is 5.11 Å². The Hall–Kier alpha value is -1.84. The second-order valence-electron chi connectivity index (χ2n) is 2.40. The molecular weight excluding hydrogens is 156 g/mol. The van der Waals surface area contributed by atoms with E-state index in [9.17, 15) is 4.79 Å². The lowest BCUT2D eigenvalue weighted by Crippen LogP contribution is -2.12. The lowest BCUT2D eigenvalue weighted by atomic mass is 10.4. The molecule has 0 spiro atoms. The molecule has 2 aromatic heterocycles. The number of aliphatic hydroxyl groups is 1. The van der Waals surface area contributed by atoms with Crippen molar-refractivity contribution >= 4 is 11.8 Å². The summed E-state index contributed by atoms with van der Waals surface area (Å²) in [6, 6.07) is 2.88. The molecule has 1 N–H and O–H groups in total. The zero-order valence-electron chi connectivity index (χ0n) is 6.14. The van der Waals surface area contributed by atoms with Crippen LogP contribution in [-0.4, -0.2) is 14.5 Å². The third-order valence-electron chi connectivity index (χ3n) is 1.65. The minimum Gasteiger partial charge on any atom is -0.512 e. The number of imidazole rings is 1. The van der Waals surface area contributed by atoms with Crippen molar-refractivity contribution in [3.63, 3.8) is 0 Å². The Bertz CT molecular complexity index is 515. The second kappa shape index (κ2) is 2.34. The summed E-state index contributed by atoms with van der Waals surface area (Å²) < 4.78 is 1.63. The summed E-state index contributed by atoms with van der Waals surface area (Å²) in [6.45, 7) is 0. The van der Waals surface area contributed by atoms with Crippen LogP contribution in [0.3, 0.4) is 0 Å². The summed E-state index contributed by atoms with van der Waals surface area (Å²) in [7, 11) is 0. The highest BCUT2D eigenvalue weighted by Crippen LogP contribution is 1.91. The van der Waals surface area contributed by atoms with Gasteiger partial charge < -0.3 is 5.11 Å². The first-order valence-corrected chi connectivity index (χ1v) is 3.43. The molecule has 0 aliphatic carbocycles. The number of aromatic nitrogens is 2. The molecule has 0 saturated carbocycles. The molecule has 0 aromatic carbocycles. The van der Waals surface area contributed by atoms with E-state index in [2.05, 4.69) is 4.98 Å². The van der Waals surface area contributed by atoms with E-state index in [0.29, 0.717) is 11.0 Å². The second-order valence-corrected chi connectivity index (χ2v) is 2.40. The van der Waals surface area contributed by atoms with E-state index in [0.717, 1.165) is 6.26 Å². The van der Waals surface area contributed by atoms with Gasteiger partial charge in [-0.15, -0.1) is 0 Å². The Labute approximate surface area is 67.4 Å². The van der Waals surface area contributed by atoms with Crippen LogP contribution in [0.1, 0.15) is 0 Å². The molecule has 0 bridgehead atoms. The maximum Gasteiger partial charge on any atom is 0.182 e. The smallest absolute Gasteiger partial charge is 0.182 e. The molecule has 0 radical (unpaired) electrons. The summed E-state index contributed by atoms with van der Waals surface area (Å²) in [5, 5.41) is 8.71. The third kappa shape index (κ3) is 0.852. The molecule has 60 valence electrons. The van der Waals surface area contributed by atoms with Gasteiger partial charge in [0.05, 0.1) is 11.7 Å². The molecule has 2 aromatic rings. The highest BCUT2D eigenvalue weighted by Gasteiger charge is 1.95. The first-order valence-electron chi connectivity index (χ1n) is 3.43. The minimum absolute atomic E-state index is 0.0631. The Kier molecular flexibility index (Phi) is 1.33. The standard InChI is InChI=1S/C8H6N2O2/c11-5-8-9-4-6-3-7(12)1-2-10(6)8/h1-5,11H/b8-5+. The SMILES string of the molecule is O=c1ccn2/c(=C/O)ncc2c1. The highest BCUT2D eigenvalue weighted by atomic mass is 16.2. The number of pyridine rings is 1. The van der Waals surface area contributed by atoms with Gasteiger partial charge in [-0.1, -0.05) is 0 Å². The molecule has 2 heterocycles. The summed E-state index contributed by atoms with van der Waals surface area (Å²) in [5.74, 6) is 0. The van der Waals surface area contributed by atoms with E-state index in [1.165, 1.54) is 18.3 Å². The highest BCUT2D eigenvalue weighted by molar-refractivity contribution is 5.44. The van der Waals surface area contributed by atoms with Gasteiger partial charge in [0.2, 0.25) is 0 Å². The summed E-state index contributed by atoms with van der Waals surface area (Å²) in [5.41, 5.74) is 1.04. The first kappa shape index (κ1) is 6.84. The van der Waals surface area contributed by atoms with Crippen LogP contribution in [0, 0.1) is 0 Å². The number of fused-ring (bicyclic) bond motifs is 1. The van der Waals surface area contributed by atoms with Gasteiger partial charge in [0.1, 0.15) is 6.26 Å². The average molecular weight is 162 g/mol. The maximum absolute atomic E-state index is 10.9. The molecule has 0 aliphatic heterocycles. The van der Waals surface area contributed by atoms with Crippen LogP contribution in [0.5, 0.6) is 0 Å². The van der Waals surface area contributed by atoms with Crippen LogP contribution in [0.2, 0.25) is 0 Å². The molecule has 4 nitrogen and oxygen atoms in total. The fourth-order valence-corrected chi connectivity index (χ4v) is 1.10. The van der Waals surface area contributed by atoms with E-state index in [1.54, 1.807) is 10.6 Å². The molecule has 4 heteroatoms. The van der Waals surface area contributed by atoms with Crippen LogP contribution in [0.25, 0.3) is 11.8 Å². The molecule has 2 rings (SSSR count). The summed E-state index contributed by atoms with van der Waals surface area (Å²) in [6.07, 6.45) is 4.01. The third-order valence-corrected chi connectivity index (χ3v) is 1.65. The zero-order chi connectivity index (χ0) is 8.55. The largest absolute Gasteiger partial charge is 0.512 e. The predicted octanol–water partition coefficient (Wildman–Crippen LogP) is -0.291. The Morgan fingerprint density at radius 3 is 3.17 bits per heavy atom. The number of hydrogen-bond acceptors (Lipinski definition) is 3. The van der Waals surface area contributed by atoms with E-state index in [-0.39, 0.29) is 5.43 Å². The Balaban J connectivity index is 3.00. The van der Waals surface area contributed by atoms with Crippen molar-refractivity contribution in [2.75, 3.05) is 0 Å². The van der Waals surface area contributed by atoms with Crippen LogP contribution >= 0.6 is 0 Å². The van der Waals surface area contributed by atoms with Crippen molar-refractivity contribution in [1.82, 2.24) is 9.38 Å². The van der Waals surface area contributed by atoms with Gasteiger partial charge in [-0.25, -0.2) is 4.98 Å². The van der Waals surface area contributed by atoms with Crippen molar-refractivity contribution in [1.29, 1.82) is 0 Å². The fourth-order valence-electron chi connectivity index (χ4n) is 1.10. The minimum atomic E-state index is -0.0631. The fraction of sp³-hybridized carbons (Fsp3) is 0. The van der Waals surface area contributed by atoms with E-state index >= 15 is 0 Å². The van der Waals surface area contributed by atoms with Crippen LogP contribution < -0.4 is 10.9 Å². The predicted molar refractivity (Wildman–Crippen MR) is 43.8 cm³/mol. The summed E-state index contributed by atoms with van der Waals surface area (Å²) >= 11 is 0. The lowest BCUT2D eigenvalue weighted by molar-refractivity contribution is 0.535. The molecule has 0 fully saturated rings. The molecule has 0 aliphatic rings. The molecular formula is C8H6N2O2. The van der Waals surface area contributed by atoms with Gasteiger partial charge in [-0.3, -0.25) is 9.20 Å². The van der Waals surface area contributed by atoms with E-state index < -0.39 is 0 Å². The van der Waals surface area contributed by atoms with Crippen LogP contribution in [0.15, 0.2) is 29.3 Å². The van der Waals surface area contributed by atoms with Crippen LogP contribution in [0.4, 0.5) is 0 Å². The topological polar surface area (TPSA) is 54.6 Å². The summed E-state index contributed by atoms with van der Waals surface area (Å²) in [4.78, 5) is 14.7. The average Bonchev–Trinajstić information content (AvgIpc) is 2.46. The maximum atomic E-state index is 10.9. The number of rotatable bonds is 0. The van der Waals surface area contributed by atoms with Gasteiger partial charge in [0.25, 0.3) is 0 Å². The van der Waals surface area contributed by atoms with Crippen molar-refractivity contribution in [2.45, 2.75) is 0 Å². The molecule has 0 atom stereocenters.